The van der Waals surface area contributed by atoms with Gasteiger partial charge >= 0.3 is 0 Å². The van der Waals surface area contributed by atoms with Gasteiger partial charge in [-0.05, 0) is 43.5 Å². The Morgan fingerprint density at radius 3 is 2.30 bits per heavy atom. The van der Waals surface area contributed by atoms with Crippen molar-refractivity contribution in [2.45, 2.75) is 24.7 Å². The third kappa shape index (κ3) is 4.14. The molecule has 27 heavy (non-hydrogen) atoms. The highest BCUT2D eigenvalue weighted by molar-refractivity contribution is 7.89. The average molecular weight is 397 g/mol. The number of halogens is 1. The number of hydrogen-bond donors (Lipinski definition) is 0. The molecule has 3 rings (SSSR count). The zero-order valence-corrected chi connectivity index (χ0v) is 16.1. The van der Waals surface area contributed by atoms with Gasteiger partial charge in [0.15, 0.2) is 0 Å². The monoisotopic (exact) mass is 397 g/mol. The molecule has 148 valence electrons. The van der Waals surface area contributed by atoms with Crippen molar-refractivity contribution >= 4 is 22.3 Å². The van der Waals surface area contributed by atoms with Crippen LogP contribution in [0.1, 0.15) is 18.4 Å². The van der Waals surface area contributed by atoms with Crippen LogP contribution < -0.4 is 0 Å². The van der Waals surface area contributed by atoms with E-state index in [-0.39, 0.29) is 35.4 Å². The summed E-state index contributed by atoms with van der Waals surface area (Å²) >= 11 is 0. The molecule has 0 bridgehead atoms. The highest BCUT2D eigenvalue weighted by Gasteiger charge is 2.34. The third-order valence-electron chi connectivity index (χ3n) is 5.35. The van der Waals surface area contributed by atoms with Crippen molar-refractivity contribution in [3.05, 3.63) is 29.6 Å². The standard InChI is InChI=1S/C18H24FN3O4S/c1-14-12-16(2-3-17(14)19)27(25,26)22-6-4-15(5-7-22)18(24)21-10-8-20(13-23)9-11-21/h2-3,12-13,15H,4-11H2,1H3. The Labute approximate surface area is 158 Å². The van der Waals surface area contributed by atoms with Crippen molar-refractivity contribution < 1.29 is 22.4 Å². The quantitative estimate of drug-likeness (QED) is 0.706. The molecule has 1 aromatic rings. The zero-order chi connectivity index (χ0) is 19.6. The molecule has 0 saturated carbocycles. The molecule has 2 fully saturated rings. The van der Waals surface area contributed by atoms with Crippen LogP contribution in [-0.4, -0.2) is 74.1 Å². The molecule has 0 aromatic heterocycles. The fourth-order valence-corrected chi connectivity index (χ4v) is 5.13. The first-order valence-electron chi connectivity index (χ1n) is 9.07. The fraction of sp³-hybridized carbons (Fsp3) is 0.556. The van der Waals surface area contributed by atoms with Crippen LogP contribution in [0, 0.1) is 18.7 Å². The van der Waals surface area contributed by atoms with E-state index in [0.717, 1.165) is 12.5 Å². The third-order valence-corrected chi connectivity index (χ3v) is 7.24. The van der Waals surface area contributed by atoms with Gasteiger partial charge in [0.25, 0.3) is 0 Å². The van der Waals surface area contributed by atoms with Gasteiger partial charge in [0, 0.05) is 45.2 Å². The van der Waals surface area contributed by atoms with Crippen molar-refractivity contribution in [1.29, 1.82) is 0 Å². The van der Waals surface area contributed by atoms with Crippen LogP contribution in [0.5, 0.6) is 0 Å². The second-order valence-corrected chi connectivity index (χ2v) is 8.99. The van der Waals surface area contributed by atoms with Gasteiger partial charge in [-0.25, -0.2) is 12.8 Å². The Balaban J connectivity index is 1.60. The minimum absolute atomic E-state index is 0.0372. The van der Waals surface area contributed by atoms with Crippen LogP contribution in [-0.2, 0) is 19.6 Å². The van der Waals surface area contributed by atoms with Gasteiger partial charge in [-0.1, -0.05) is 0 Å². The Bertz CT molecular complexity index is 814. The second-order valence-electron chi connectivity index (χ2n) is 7.06. The number of rotatable bonds is 4. The van der Waals surface area contributed by atoms with E-state index in [0.29, 0.717) is 39.0 Å². The fourth-order valence-electron chi connectivity index (χ4n) is 3.58. The number of nitrogens with zero attached hydrogens (tertiary/aromatic N) is 3. The molecular formula is C18H24FN3O4S. The first-order chi connectivity index (χ1) is 12.8. The first kappa shape index (κ1) is 19.8. The lowest BCUT2D eigenvalue weighted by Gasteiger charge is -2.37. The van der Waals surface area contributed by atoms with Crippen LogP contribution in [0.25, 0.3) is 0 Å². The van der Waals surface area contributed by atoms with Crippen LogP contribution in [0.3, 0.4) is 0 Å². The summed E-state index contributed by atoms with van der Waals surface area (Å²) in [6.07, 6.45) is 1.72. The van der Waals surface area contributed by atoms with Crippen LogP contribution >= 0.6 is 0 Å². The Morgan fingerprint density at radius 2 is 1.74 bits per heavy atom. The summed E-state index contributed by atoms with van der Waals surface area (Å²) in [4.78, 5) is 26.9. The number of sulfonamides is 1. The molecular weight excluding hydrogens is 373 g/mol. The van der Waals surface area contributed by atoms with E-state index in [4.69, 9.17) is 0 Å². The second kappa shape index (κ2) is 7.93. The summed E-state index contributed by atoms with van der Waals surface area (Å²) in [5.41, 5.74) is 0.288. The van der Waals surface area contributed by atoms with E-state index in [9.17, 15) is 22.4 Å². The van der Waals surface area contributed by atoms with Crippen LogP contribution in [0.15, 0.2) is 23.1 Å². The molecule has 2 heterocycles. The topological polar surface area (TPSA) is 78.0 Å². The molecule has 0 N–H and O–H groups in total. The molecule has 1 aromatic carbocycles. The normalized spacial score (nSPS) is 19.9. The summed E-state index contributed by atoms with van der Waals surface area (Å²) in [5, 5.41) is 0. The first-order valence-corrected chi connectivity index (χ1v) is 10.5. The van der Waals surface area contributed by atoms with Gasteiger partial charge in [0.2, 0.25) is 22.3 Å². The maximum absolute atomic E-state index is 13.4. The molecule has 0 aliphatic carbocycles. The molecule has 2 saturated heterocycles. The highest BCUT2D eigenvalue weighted by Crippen LogP contribution is 2.26. The predicted octanol–water partition coefficient (Wildman–Crippen LogP) is 0.835. The zero-order valence-electron chi connectivity index (χ0n) is 15.3. The molecule has 0 spiro atoms. The summed E-state index contributed by atoms with van der Waals surface area (Å²) in [6.45, 7) is 4.17. The number of aryl methyl sites for hydroxylation is 1. The number of carbonyl (C=O) groups is 2. The van der Waals surface area contributed by atoms with E-state index >= 15 is 0 Å². The Hall–Kier alpha value is -2.00. The number of carbonyl (C=O) groups excluding carboxylic acids is 2. The van der Waals surface area contributed by atoms with Gasteiger partial charge in [-0.2, -0.15) is 4.31 Å². The lowest BCUT2D eigenvalue weighted by Crippen LogP contribution is -2.51. The average Bonchev–Trinajstić information content (AvgIpc) is 2.69. The van der Waals surface area contributed by atoms with Gasteiger partial charge in [-0.3, -0.25) is 9.59 Å². The minimum Gasteiger partial charge on any atom is -0.342 e. The molecule has 0 atom stereocenters. The number of piperazine rings is 1. The number of piperidine rings is 1. The lowest BCUT2D eigenvalue weighted by molar-refractivity contribution is -0.140. The lowest BCUT2D eigenvalue weighted by atomic mass is 9.96. The Morgan fingerprint density at radius 1 is 1.11 bits per heavy atom. The molecule has 0 unspecified atom stereocenters. The molecule has 2 aliphatic rings. The van der Waals surface area contributed by atoms with Crippen molar-refractivity contribution in [3.63, 3.8) is 0 Å². The molecule has 2 amide bonds. The molecule has 9 heteroatoms. The number of hydrogen-bond acceptors (Lipinski definition) is 4. The van der Waals surface area contributed by atoms with Crippen molar-refractivity contribution in [2.75, 3.05) is 39.3 Å². The van der Waals surface area contributed by atoms with Crippen molar-refractivity contribution in [3.8, 4) is 0 Å². The number of benzene rings is 1. The highest BCUT2D eigenvalue weighted by atomic mass is 32.2. The van der Waals surface area contributed by atoms with E-state index in [1.54, 1.807) is 9.80 Å². The van der Waals surface area contributed by atoms with E-state index in [1.807, 2.05) is 0 Å². The molecule has 0 radical (unpaired) electrons. The van der Waals surface area contributed by atoms with Crippen molar-refractivity contribution in [2.24, 2.45) is 5.92 Å². The maximum Gasteiger partial charge on any atom is 0.243 e. The summed E-state index contributed by atoms with van der Waals surface area (Å²) < 4.78 is 40.3. The van der Waals surface area contributed by atoms with E-state index in [2.05, 4.69) is 0 Å². The van der Waals surface area contributed by atoms with Crippen LogP contribution in [0.2, 0.25) is 0 Å². The molecule has 2 aliphatic heterocycles. The van der Waals surface area contributed by atoms with Gasteiger partial charge < -0.3 is 9.80 Å². The van der Waals surface area contributed by atoms with Gasteiger partial charge in [-0.15, -0.1) is 0 Å². The SMILES string of the molecule is Cc1cc(S(=O)(=O)N2CCC(C(=O)N3CCN(C=O)CC3)CC2)ccc1F. The summed E-state index contributed by atoms with van der Waals surface area (Å²) in [6, 6.07) is 3.79. The van der Waals surface area contributed by atoms with E-state index in [1.165, 1.54) is 23.4 Å². The minimum atomic E-state index is -3.69. The predicted molar refractivity (Wildman–Crippen MR) is 96.8 cm³/mol. The van der Waals surface area contributed by atoms with Crippen molar-refractivity contribution in [1.82, 2.24) is 14.1 Å². The maximum atomic E-state index is 13.4. The molecule has 7 nitrogen and oxygen atoms in total. The summed E-state index contributed by atoms with van der Waals surface area (Å²) in [5.74, 6) is -0.600. The largest absolute Gasteiger partial charge is 0.342 e. The smallest absolute Gasteiger partial charge is 0.243 e. The van der Waals surface area contributed by atoms with Gasteiger partial charge in [0.1, 0.15) is 5.82 Å². The van der Waals surface area contributed by atoms with E-state index < -0.39 is 15.8 Å². The summed E-state index contributed by atoms with van der Waals surface area (Å²) in [7, 11) is -3.69. The van der Waals surface area contributed by atoms with Crippen LogP contribution in [0.4, 0.5) is 4.39 Å². The Kier molecular flexibility index (Phi) is 5.81. The van der Waals surface area contributed by atoms with Gasteiger partial charge in [0.05, 0.1) is 4.90 Å². The number of amides is 2.